The highest BCUT2D eigenvalue weighted by Crippen LogP contribution is 2.22. The van der Waals surface area contributed by atoms with Crippen molar-refractivity contribution in [2.45, 2.75) is 0 Å². The van der Waals surface area contributed by atoms with Gasteiger partial charge in [0.15, 0.2) is 0 Å². The van der Waals surface area contributed by atoms with Gasteiger partial charge in [0.1, 0.15) is 11.6 Å². The number of rotatable bonds is 5. The lowest BCUT2D eigenvalue weighted by Crippen LogP contribution is -2.05. The molecule has 1 heterocycles. The maximum atomic E-state index is 12.7. The van der Waals surface area contributed by atoms with Crippen LogP contribution >= 0.6 is 0 Å². The summed E-state index contributed by atoms with van der Waals surface area (Å²) >= 11 is 0. The van der Waals surface area contributed by atoms with Crippen molar-refractivity contribution < 1.29 is 13.9 Å². The fourth-order valence-corrected chi connectivity index (χ4v) is 1.29. The Morgan fingerprint density at radius 2 is 2.00 bits per heavy atom. The molecule has 0 aliphatic carbocycles. The van der Waals surface area contributed by atoms with E-state index < -0.39 is 5.82 Å². The number of hydrogen-bond acceptors (Lipinski definition) is 4. The van der Waals surface area contributed by atoms with Crippen LogP contribution in [0, 0.1) is 5.82 Å². The van der Waals surface area contributed by atoms with Gasteiger partial charge in [-0.15, -0.1) is 0 Å². The van der Waals surface area contributed by atoms with Crippen molar-refractivity contribution in [1.29, 1.82) is 0 Å². The van der Waals surface area contributed by atoms with Crippen molar-refractivity contribution in [3.05, 3.63) is 48.4 Å². The summed E-state index contributed by atoms with van der Waals surface area (Å²) in [4.78, 5) is 17.8. The molecule has 2 rings (SSSR count). The molecule has 0 radical (unpaired) electrons. The molecule has 1 aromatic carbocycles. The largest absolute Gasteiger partial charge is 0.439 e. The van der Waals surface area contributed by atoms with E-state index >= 15 is 0 Å². The summed E-state index contributed by atoms with van der Waals surface area (Å²) < 4.78 is 18.1. The Labute approximate surface area is 108 Å². The van der Waals surface area contributed by atoms with Gasteiger partial charge in [0, 0.05) is 6.07 Å². The highest BCUT2D eigenvalue weighted by atomic mass is 19.1. The van der Waals surface area contributed by atoms with Gasteiger partial charge in [-0.05, 0) is 30.3 Å². The first kappa shape index (κ1) is 12.7. The minimum absolute atomic E-state index is 0.306. The molecule has 19 heavy (non-hydrogen) atoms. The van der Waals surface area contributed by atoms with Crippen LogP contribution in [0.3, 0.4) is 0 Å². The first-order valence-corrected chi connectivity index (χ1v) is 5.39. The zero-order chi connectivity index (χ0) is 13.5. The van der Waals surface area contributed by atoms with E-state index in [1.807, 2.05) is 0 Å². The molecule has 1 aromatic heterocycles. The van der Waals surface area contributed by atoms with Gasteiger partial charge in [-0.1, -0.05) is 0 Å². The van der Waals surface area contributed by atoms with Crippen LogP contribution in [0.15, 0.2) is 47.6 Å². The molecule has 0 spiro atoms. The summed E-state index contributed by atoms with van der Waals surface area (Å²) in [6.45, 7) is 0. The van der Waals surface area contributed by atoms with E-state index in [9.17, 15) is 9.18 Å². The van der Waals surface area contributed by atoms with Crippen LogP contribution in [-0.4, -0.2) is 17.7 Å². The monoisotopic (exact) mass is 259 g/mol. The summed E-state index contributed by atoms with van der Waals surface area (Å²) in [5.41, 5.74) is 0.661. The summed E-state index contributed by atoms with van der Waals surface area (Å²) in [5.74, 6) is 0.446. The summed E-state index contributed by atoms with van der Waals surface area (Å²) in [7, 11) is 0. The van der Waals surface area contributed by atoms with E-state index in [1.54, 1.807) is 24.3 Å². The fraction of sp³-hybridized carbons (Fsp3) is 0. The molecular weight excluding hydrogens is 249 g/mol. The zero-order valence-corrected chi connectivity index (χ0v) is 9.79. The van der Waals surface area contributed by atoms with Gasteiger partial charge in [-0.2, -0.15) is 0 Å². The molecule has 0 aliphatic heterocycles. The number of aromatic nitrogens is 1. The van der Waals surface area contributed by atoms with E-state index in [-0.39, 0.29) is 0 Å². The van der Waals surface area contributed by atoms with Crippen LogP contribution in [-0.2, 0) is 4.79 Å². The van der Waals surface area contributed by atoms with Crippen molar-refractivity contribution in [3.63, 3.8) is 0 Å². The normalized spacial score (nSPS) is 10.4. The lowest BCUT2D eigenvalue weighted by atomic mass is 10.3. The number of halogens is 1. The molecule has 5 nitrogen and oxygen atoms in total. The first-order valence-electron chi connectivity index (χ1n) is 5.39. The molecule has 0 saturated heterocycles. The van der Waals surface area contributed by atoms with Crippen LogP contribution in [0.25, 0.3) is 0 Å². The fourth-order valence-electron chi connectivity index (χ4n) is 1.29. The molecule has 0 aliphatic rings. The summed E-state index contributed by atoms with van der Waals surface area (Å²) in [5, 5.41) is 2.31. The van der Waals surface area contributed by atoms with Gasteiger partial charge in [0.05, 0.1) is 18.2 Å². The van der Waals surface area contributed by atoms with Crippen LogP contribution in [0.4, 0.5) is 10.1 Å². The van der Waals surface area contributed by atoms with Gasteiger partial charge in [0.2, 0.25) is 12.3 Å². The lowest BCUT2D eigenvalue weighted by molar-refractivity contribution is -0.108. The SMILES string of the molecule is O=CN/C=N/c1ccc(Oc2ccc(F)cn2)cc1. The van der Waals surface area contributed by atoms with E-state index in [2.05, 4.69) is 15.3 Å². The number of amides is 1. The molecule has 0 saturated carbocycles. The minimum atomic E-state index is -0.417. The second-order valence-electron chi connectivity index (χ2n) is 3.45. The van der Waals surface area contributed by atoms with E-state index in [4.69, 9.17) is 4.74 Å². The van der Waals surface area contributed by atoms with Gasteiger partial charge in [-0.25, -0.2) is 14.4 Å². The second-order valence-corrected chi connectivity index (χ2v) is 3.45. The standard InChI is InChI=1S/C13H10FN3O2/c14-10-1-6-13(16-7-10)19-12-4-2-11(3-5-12)17-8-15-9-18/h1-9H,(H,15,17,18). The van der Waals surface area contributed by atoms with Crippen LogP contribution in [0.2, 0.25) is 0 Å². The van der Waals surface area contributed by atoms with E-state index in [0.29, 0.717) is 23.7 Å². The number of nitrogens with one attached hydrogen (secondary N) is 1. The highest BCUT2D eigenvalue weighted by molar-refractivity contribution is 5.73. The Hall–Kier alpha value is -2.76. The van der Waals surface area contributed by atoms with Crippen molar-refractivity contribution in [1.82, 2.24) is 10.3 Å². The van der Waals surface area contributed by atoms with E-state index in [1.165, 1.54) is 18.5 Å². The van der Waals surface area contributed by atoms with Gasteiger partial charge in [-0.3, -0.25) is 4.79 Å². The van der Waals surface area contributed by atoms with Gasteiger partial charge < -0.3 is 10.1 Å². The van der Waals surface area contributed by atoms with Gasteiger partial charge >= 0.3 is 0 Å². The molecule has 0 atom stereocenters. The topological polar surface area (TPSA) is 63.6 Å². The molecule has 1 amide bonds. The quantitative estimate of drug-likeness (QED) is 0.509. The van der Waals surface area contributed by atoms with Crippen molar-refractivity contribution >= 4 is 18.4 Å². The predicted octanol–water partition coefficient (Wildman–Crippen LogP) is 2.42. The van der Waals surface area contributed by atoms with Crippen LogP contribution in [0.1, 0.15) is 0 Å². The molecule has 0 unspecified atom stereocenters. The molecule has 0 fully saturated rings. The second kappa shape index (κ2) is 6.25. The third kappa shape index (κ3) is 3.88. The number of carbonyl (C=O) groups excluding carboxylic acids is 1. The number of benzene rings is 1. The highest BCUT2D eigenvalue weighted by Gasteiger charge is 1.99. The third-order valence-corrected chi connectivity index (χ3v) is 2.12. The molecule has 2 aromatic rings. The van der Waals surface area contributed by atoms with Crippen LogP contribution in [0.5, 0.6) is 11.6 Å². The van der Waals surface area contributed by atoms with Gasteiger partial charge in [0.25, 0.3) is 0 Å². The number of carbonyl (C=O) groups is 1. The smallest absolute Gasteiger partial charge is 0.219 e. The molecule has 0 bridgehead atoms. The summed E-state index contributed by atoms with van der Waals surface area (Å²) in [6.07, 6.45) is 2.89. The third-order valence-electron chi connectivity index (χ3n) is 2.12. The number of ether oxygens (including phenoxy) is 1. The predicted molar refractivity (Wildman–Crippen MR) is 68.1 cm³/mol. The Bertz CT molecular complexity index is 567. The first-order chi connectivity index (χ1) is 9.28. The average Bonchev–Trinajstić information content (AvgIpc) is 2.44. The lowest BCUT2D eigenvalue weighted by Gasteiger charge is -2.04. The van der Waals surface area contributed by atoms with E-state index in [0.717, 1.165) is 6.20 Å². The van der Waals surface area contributed by atoms with Crippen molar-refractivity contribution in [2.75, 3.05) is 0 Å². The average molecular weight is 259 g/mol. The number of pyridine rings is 1. The summed E-state index contributed by atoms with van der Waals surface area (Å²) in [6, 6.07) is 9.52. The Balaban J connectivity index is 2.02. The maximum absolute atomic E-state index is 12.7. The Morgan fingerprint density at radius 1 is 1.21 bits per heavy atom. The molecule has 96 valence electrons. The maximum Gasteiger partial charge on any atom is 0.219 e. The van der Waals surface area contributed by atoms with Crippen LogP contribution < -0.4 is 10.1 Å². The zero-order valence-electron chi connectivity index (χ0n) is 9.79. The van der Waals surface area contributed by atoms with Crippen molar-refractivity contribution in [2.24, 2.45) is 4.99 Å². The Morgan fingerprint density at radius 3 is 2.63 bits per heavy atom. The molecule has 1 N–H and O–H groups in total. The molecule has 6 heteroatoms. The number of aliphatic imine (C=N–C) groups is 1. The van der Waals surface area contributed by atoms with Crippen molar-refractivity contribution in [3.8, 4) is 11.6 Å². The Kier molecular flexibility index (Phi) is 4.17. The molecular formula is C13H10FN3O2. The number of hydrogen-bond donors (Lipinski definition) is 1. The number of nitrogens with zero attached hydrogens (tertiary/aromatic N) is 2. The minimum Gasteiger partial charge on any atom is -0.439 e.